The third-order valence-corrected chi connectivity index (χ3v) is 6.32. The molecule has 2 aromatic heterocycles. The maximum Gasteiger partial charge on any atom is 0.290 e. The van der Waals surface area contributed by atoms with Crippen LogP contribution in [0.4, 0.5) is 0 Å². The molecule has 178 valence electrons. The second kappa shape index (κ2) is 9.06. The number of fused-ring (bicyclic) bond motifs is 1. The van der Waals surface area contributed by atoms with E-state index in [1.54, 1.807) is 44.6 Å². The van der Waals surface area contributed by atoms with E-state index < -0.39 is 23.5 Å². The van der Waals surface area contributed by atoms with E-state index >= 15 is 0 Å². The van der Waals surface area contributed by atoms with Crippen molar-refractivity contribution < 1.29 is 28.6 Å². The Balaban J connectivity index is 1.50. The minimum absolute atomic E-state index is 0.00397. The lowest BCUT2D eigenvalue weighted by Crippen LogP contribution is -2.33. The van der Waals surface area contributed by atoms with Crippen molar-refractivity contribution in [1.29, 1.82) is 0 Å². The van der Waals surface area contributed by atoms with Gasteiger partial charge in [0.1, 0.15) is 11.5 Å². The van der Waals surface area contributed by atoms with Gasteiger partial charge in [0.2, 0.25) is 5.78 Å². The third kappa shape index (κ3) is 3.93. The van der Waals surface area contributed by atoms with Crippen molar-refractivity contribution in [1.82, 2.24) is 9.88 Å². The van der Waals surface area contributed by atoms with Crippen molar-refractivity contribution in [2.45, 2.75) is 12.5 Å². The Morgan fingerprint density at radius 3 is 2.51 bits per heavy atom. The van der Waals surface area contributed by atoms with Gasteiger partial charge in [0, 0.05) is 23.6 Å². The molecule has 1 atom stereocenters. The number of ketones is 1. The van der Waals surface area contributed by atoms with Gasteiger partial charge in [0.25, 0.3) is 5.91 Å². The first kappa shape index (κ1) is 22.3. The number of aliphatic hydroxyl groups is 1. The molecule has 2 N–H and O–H groups in total. The quantitative estimate of drug-likeness (QED) is 0.363. The molecule has 1 amide bonds. The van der Waals surface area contributed by atoms with Crippen LogP contribution in [-0.2, 0) is 11.2 Å². The number of hydrogen-bond donors (Lipinski definition) is 2. The van der Waals surface area contributed by atoms with Gasteiger partial charge in [-0.2, -0.15) is 0 Å². The van der Waals surface area contributed by atoms with Crippen LogP contribution in [0, 0.1) is 0 Å². The summed E-state index contributed by atoms with van der Waals surface area (Å²) in [4.78, 5) is 31.2. The zero-order chi connectivity index (χ0) is 24.5. The number of H-pyrrole nitrogens is 1. The van der Waals surface area contributed by atoms with E-state index in [-0.39, 0.29) is 17.9 Å². The summed E-state index contributed by atoms with van der Waals surface area (Å²) >= 11 is 0. The number of carbonyl (C=O) groups is 2. The van der Waals surface area contributed by atoms with Crippen LogP contribution in [0.25, 0.3) is 10.9 Å². The molecule has 3 heterocycles. The van der Waals surface area contributed by atoms with Crippen LogP contribution >= 0.6 is 0 Å². The molecule has 0 saturated heterocycles. The number of nitrogens with zero attached hydrogens (tertiary/aromatic N) is 1. The number of rotatable bonds is 8. The number of furan rings is 1. The zero-order valence-corrected chi connectivity index (χ0v) is 19.3. The molecular formula is C27H24N2O6. The number of ether oxygens (including phenoxy) is 2. The van der Waals surface area contributed by atoms with Crippen LogP contribution in [0.1, 0.15) is 27.7 Å². The highest BCUT2D eigenvalue weighted by molar-refractivity contribution is 6.15. The first-order valence-electron chi connectivity index (χ1n) is 11.1. The predicted molar refractivity (Wildman–Crippen MR) is 129 cm³/mol. The van der Waals surface area contributed by atoms with E-state index in [9.17, 15) is 14.7 Å². The normalized spacial score (nSPS) is 15.8. The number of nitrogens with one attached hydrogen (secondary N) is 1. The second-order valence-electron chi connectivity index (χ2n) is 8.22. The molecule has 0 saturated carbocycles. The monoisotopic (exact) mass is 472 g/mol. The largest absolute Gasteiger partial charge is 0.503 e. The molecule has 0 bridgehead atoms. The lowest BCUT2D eigenvalue weighted by molar-refractivity contribution is -0.129. The highest BCUT2D eigenvalue weighted by atomic mass is 16.5. The third-order valence-electron chi connectivity index (χ3n) is 6.32. The van der Waals surface area contributed by atoms with Crippen molar-refractivity contribution in [2.75, 3.05) is 20.8 Å². The van der Waals surface area contributed by atoms with E-state index in [2.05, 4.69) is 4.98 Å². The number of aliphatic hydroxyl groups excluding tert-OH is 1. The number of aromatic nitrogens is 1. The molecule has 4 aromatic rings. The summed E-state index contributed by atoms with van der Waals surface area (Å²) in [5.74, 6) is -0.253. The topological polar surface area (TPSA) is 105 Å². The van der Waals surface area contributed by atoms with Gasteiger partial charge in [-0.25, -0.2) is 0 Å². The van der Waals surface area contributed by atoms with Crippen molar-refractivity contribution in [2.24, 2.45) is 0 Å². The first-order chi connectivity index (χ1) is 17.0. The Hall–Kier alpha value is -4.46. The Morgan fingerprint density at radius 2 is 1.83 bits per heavy atom. The Morgan fingerprint density at radius 1 is 1.09 bits per heavy atom. The van der Waals surface area contributed by atoms with Crippen LogP contribution in [0.3, 0.4) is 0 Å². The lowest BCUT2D eigenvalue weighted by Gasteiger charge is -2.26. The Bertz CT molecular complexity index is 1420. The number of aromatic amines is 1. The molecule has 0 spiro atoms. The number of methoxy groups -OCH3 is 2. The standard InChI is InChI=1S/C27H24N2O6/c1-33-18-7-5-16(6-8-18)24-23(25(30)22-4-3-13-35-22)26(31)27(32)29(24)12-11-17-15-28-21-10-9-19(34-2)14-20(17)21/h3-10,13-15,24,28,31H,11-12H2,1-2H3/t24-/m0/s1. The highest BCUT2D eigenvalue weighted by Crippen LogP contribution is 2.39. The van der Waals surface area contributed by atoms with Crippen LogP contribution < -0.4 is 9.47 Å². The summed E-state index contributed by atoms with van der Waals surface area (Å²) in [5.41, 5.74) is 2.62. The summed E-state index contributed by atoms with van der Waals surface area (Å²) < 4.78 is 15.9. The van der Waals surface area contributed by atoms with Gasteiger partial charge in [-0.15, -0.1) is 0 Å². The second-order valence-corrected chi connectivity index (χ2v) is 8.22. The van der Waals surface area contributed by atoms with Gasteiger partial charge in [-0.1, -0.05) is 12.1 Å². The van der Waals surface area contributed by atoms with Crippen LogP contribution in [-0.4, -0.2) is 47.4 Å². The number of amides is 1. The van der Waals surface area contributed by atoms with Crippen molar-refractivity contribution >= 4 is 22.6 Å². The SMILES string of the molecule is COc1ccc([C@H]2C(C(=O)c3ccco3)=C(O)C(=O)N2CCc2c[nH]c3ccc(OC)cc23)cc1. The molecule has 5 rings (SSSR count). The molecule has 0 unspecified atom stereocenters. The fourth-order valence-electron chi connectivity index (χ4n) is 4.52. The Kier molecular flexibility index (Phi) is 5.78. The van der Waals surface area contributed by atoms with E-state index in [0.29, 0.717) is 17.7 Å². The van der Waals surface area contributed by atoms with Crippen LogP contribution in [0.5, 0.6) is 11.5 Å². The molecule has 35 heavy (non-hydrogen) atoms. The van der Waals surface area contributed by atoms with E-state index in [4.69, 9.17) is 13.9 Å². The molecule has 1 aliphatic rings. The minimum Gasteiger partial charge on any atom is -0.503 e. The molecule has 0 radical (unpaired) electrons. The van der Waals surface area contributed by atoms with Gasteiger partial charge in [0.15, 0.2) is 11.5 Å². The van der Waals surface area contributed by atoms with E-state index in [1.165, 1.54) is 17.2 Å². The van der Waals surface area contributed by atoms with Gasteiger partial charge in [-0.3, -0.25) is 9.59 Å². The molecule has 8 heteroatoms. The minimum atomic E-state index is -0.772. The maximum atomic E-state index is 13.3. The summed E-state index contributed by atoms with van der Waals surface area (Å²) in [6.07, 6.45) is 3.78. The molecule has 0 fully saturated rings. The van der Waals surface area contributed by atoms with Crippen molar-refractivity contribution in [3.05, 3.63) is 95.3 Å². The van der Waals surface area contributed by atoms with Crippen molar-refractivity contribution in [3.8, 4) is 11.5 Å². The summed E-state index contributed by atoms with van der Waals surface area (Å²) in [6.45, 7) is 0.276. The van der Waals surface area contributed by atoms with E-state index in [1.807, 2.05) is 24.4 Å². The maximum absolute atomic E-state index is 13.3. The molecule has 1 aliphatic heterocycles. The van der Waals surface area contributed by atoms with Crippen LogP contribution in [0.15, 0.2) is 82.8 Å². The van der Waals surface area contributed by atoms with E-state index in [0.717, 1.165) is 22.2 Å². The number of carbonyl (C=O) groups excluding carboxylic acids is 2. The fourth-order valence-corrected chi connectivity index (χ4v) is 4.52. The molecule has 0 aliphatic carbocycles. The van der Waals surface area contributed by atoms with Gasteiger partial charge < -0.3 is 28.9 Å². The average molecular weight is 472 g/mol. The fraction of sp³-hybridized carbons (Fsp3) is 0.185. The smallest absolute Gasteiger partial charge is 0.290 e. The number of Topliss-reactive ketones (excluding diaryl/α,β-unsaturated/α-hetero) is 1. The first-order valence-corrected chi connectivity index (χ1v) is 11.1. The Labute approximate surface area is 201 Å². The van der Waals surface area contributed by atoms with Crippen molar-refractivity contribution in [3.63, 3.8) is 0 Å². The lowest BCUT2D eigenvalue weighted by atomic mass is 9.95. The average Bonchev–Trinajstić information content (AvgIpc) is 3.62. The molecule has 8 nitrogen and oxygen atoms in total. The van der Waals surface area contributed by atoms with Gasteiger partial charge >= 0.3 is 0 Å². The molecule has 2 aromatic carbocycles. The highest BCUT2D eigenvalue weighted by Gasteiger charge is 2.44. The number of hydrogen-bond acceptors (Lipinski definition) is 6. The summed E-state index contributed by atoms with van der Waals surface area (Å²) in [6, 6.07) is 15.2. The summed E-state index contributed by atoms with van der Waals surface area (Å²) in [7, 11) is 3.18. The van der Waals surface area contributed by atoms with Crippen LogP contribution in [0.2, 0.25) is 0 Å². The number of benzene rings is 2. The molecular weight excluding hydrogens is 448 g/mol. The summed E-state index contributed by atoms with van der Waals surface area (Å²) in [5, 5.41) is 11.8. The predicted octanol–water partition coefficient (Wildman–Crippen LogP) is 4.60. The zero-order valence-electron chi connectivity index (χ0n) is 19.3. The van der Waals surface area contributed by atoms with Gasteiger partial charge in [0.05, 0.1) is 32.1 Å². The van der Waals surface area contributed by atoms with Gasteiger partial charge in [-0.05, 0) is 60.0 Å².